The number of hydrogen-bond acceptors (Lipinski definition) is 5. The Morgan fingerprint density at radius 1 is 1.38 bits per heavy atom. The molecule has 0 aliphatic carbocycles. The highest BCUT2D eigenvalue weighted by Gasteiger charge is 2.21. The van der Waals surface area contributed by atoms with Gasteiger partial charge in [0.25, 0.3) is 0 Å². The molecule has 0 aromatic carbocycles. The molecule has 0 spiro atoms. The molecule has 2 heterocycles. The summed E-state index contributed by atoms with van der Waals surface area (Å²) in [5, 5.41) is 12.4. The van der Waals surface area contributed by atoms with Crippen molar-refractivity contribution in [1.29, 1.82) is 0 Å². The Bertz CT molecular complexity index is 497. The van der Waals surface area contributed by atoms with E-state index < -0.39 is 5.97 Å². The second-order valence-corrected chi connectivity index (χ2v) is 6.32. The molecule has 7 nitrogen and oxygen atoms in total. The van der Waals surface area contributed by atoms with Crippen molar-refractivity contribution in [2.45, 2.75) is 19.9 Å². The van der Waals surface area contributed by atoms with Crippen LogP contribution in [0.2, 0.25) is 0 Å². The molecule has 8 heteroatoms. The zero-order chi connectivity index (χ0) is 15.2. The molecule has 1 aromatic rings. The lowest BCUT2D eigenvalue weighted by atomic mass is 10.3. The zero-order valence-electron chi connectivity index (χ0n) is 12.0. The summed E-state index contributed by atoms with van der Waals surface area (Å²) in [6, 6.07) is -0.0827. The van der Waals surface area contributed by atoms with E-state index in [1.165, 1.54) is 0 Å². The van der Waals surface area contributed by atoms with E-state index >= 15 is 0 Å². The van der Waals surface area contributed by atoms with Gasteiger partial charge in [-0.25, -0.2) is 9.78 Å². The van der Waals surface area contributed by atoms with Crippen molar-refractivity contribution in [3.63, 3.8) is 0 Å². The third-order valence-corrected chi connectivity index (χ3v) is 4.27. The first-order valence-electron chi connectivity index (χ1n) is 6.93. The lowest BCUT2D eigenvalue weighted by Gasteiger charge is -2.34. The van der Waals surface area contributed by atoms with Gasteiger partial charge in [0.1, 0.15) is 5.01 Å². The van der Waals surface area contributed by atoms with Gasteiger partial charge in [0.05, 0.1) is 13.0 Å². The molecule has 1 saturated heterocycles. The number of carbonyl (C=O) groups excluding carboxylic acids is 1. The highest BCUT2D eigenvalue weighted by molar-refractivity contribution is 7.11. The van der Waals surface area contributed by atoms with Gasteiger partial charge in [-0.2, -0.15) is 0 Å². The Morgan fingerprint density at radius 3 is 2.67 bits per heavy atom. The fraction of sp³-hybridized carbons (Fsp3) is 0.615. The van der Waals surface area contributed by atoms with E-state index in [0.717, 1.165) is 23.0 Å². The normalized spacial score (nSPS) is 16.0. The molecular weight excluding hydrogens is 292 g/mol. The van der Waals surface area contributed by atoms with Gasteiger partial charge < -0.3 is 15.3 Å². The number of thiazole rings is 1. The number of nitrogens with one attached hydrogen (secondary N) is 1. The van der Waals surface area contributed by atoms with E-state index in [9.17, 15) is 9.59 Å². The van der Waals surface area contributed by atoms with Crippen LogP contribution in [0.25, 0.3) is 0 Å². The van der Waals surface area contributed by atoms with Crippen molar-refractivity contribution >= 4 is 23.3 Å². The van der Waals surface area contributed by atoms with Crippen LogP contribution >= 0.6 is 11.3 Å². The molecule has 116 valence electrons. The van der Waals surface area contributed by atoms with Crippen LogP contribution in [0.3, 0.4) is 0 Å². The summed E-state index contributed by atoms with van der Waals surface area (Å²) >= 11 is 1.58. The van der Waals surface area contributed by atoms with Crippen LogP contribution in [0.5, 0.6) is 0 Å². The van der Waals surface area contributed by atoms with Crippen LogP contribution in [0.1, 0.15) is 16.3 Å². The number of carboxylic acid groups (broad SMARTS) is 1. The maximum absolute atomic E-state index is 12.0. The van der Waals surface area contributed by atoms with E-state index in [-0.39, 0.29) is 12.5 Å². The van der Waals surface area contributed by atoms with E-state index in [4.69, 9.17) is 5.11 Å². The van der Waals surface area contributed by atoms with Crippen LogP contribution in [0.15, 0.2) is 6.20 Å². The first-order chi connectivity index (χ1) is 10.0. The Kier molecular flexibility index (Phi) is 5.51. The molecule has 1 aromatic heterocycles. The second kappa shape index (κ2) is 7.37. The smallest absolute Gasteiger partial charge is 0.317 e. The summed E-state index contributed by atoms with van der Waals surface area (Å²) in [4.78, 5) is 31.7. The van der Waals surface area contributed by atoms with Gasteiger partial charge in [-0.05, 0) is 6.92 Å². The summed E-state index contributed by atoms with van der Waals surface area (Å²) in [6.07, 6.45) is 1.95. The Morgan fingerprint density at radius 2 is 2.10 bits per heavy atom. The number of urea groups is 1. The minimum absolute atomic E-state index is 0.0827. The third kappa shape index (κ3) is 4.98. The number of nitrogens with zero attached hydrogens (tertiary/aromatic N) is 3. The number of aliphatic carboxylic acids is 1. The minimum atomic E-state index is -0.783. The number of rotatable bonds is 5. The number of amides is 2. The number of aromatic nitrogens is 1. The summed E-state index contributed by atoms with van der Waals surface area (Å²) < 4.78 is 0. The maximum atomic E-state index is 12.0. The number of aryl methyl sites for hydroxylation is 1. The van der Waals surface area contributed by atoms with Gasteiger partial charge in [-0.1, -0.05) is 0 Å². The Labute approximate surface area is 127 Å². The molecule has 1 aliphatic heterocycles. The van der Waals surface area contributed by atoms with Gasteiger partial charge >= 0.3 is 12.0 Å². The fourth-order valence-corrected chi connectivity index (χ4v) is 2.90. The first-order valence-corrected chi connectivity index (χ1v) is 7.74. The van der Waals surface area contributed by atoms with Crippen LogP contribution in [0, 0.1) is 6.92 Å². The zero-order valence-corrected chi connectivity index (χ0v) is 12.9. The van der Waals surface area contributed by atoms with Crippen molar-refractivity contribution in [3.8, 4) is 0 Å². The van der Waals surface area contributed by atoms with Gasteiger partial charge in [-0.3, -0.25) is 9.69 Å². The molecule has 0 saturated carbocycles. The lowest BCUT2D eigenvalue weighted by molar-refractivity contribution is -0.137. The molecule has 1 aliphatic rings. The van der Waals surface area contributed by atoms with E-state index in [1.54, 1.807) is 22.4 Å². The highest BCUT2D eigenvalue weighted by Crippen LogP contribution is 2.11. The predicted octanol–water partition coefficient (Wildman–Crippen LogP) is 0.753. The van der Waals surface area contributed by atoms with Gasteiger partial charge in [0.2, 0.25) is 0 Å². The largest absolute Gasteiger partial charge is 0.481 e. The fourth-order valence-electron chi connectivity index (χ4n) is 2.17. The monoisotopic (exact) mass is 312 g/mol. The van der Waals surface area contributed by atoms with Crippen LogP contribution in [-0.2, 0) is 11.3 Å². The summed E-state index contributed by atoms with van der Waals surface area (Å²) in [5.74, 6) is -0.783. The van der Waals surface area contributed by atoms with Gasteiger partial charge in [0, 0.05) is 43.8 Å². The quantitative estimate of drug-likeness (QED) is 0.838. The second-order valence-electron chi connectivity index (χ2n) is 5.00. The molecule has 0 atom stereocenters. The molecule has 21 heavy (non-hydrogen) atoms. The lowest BCUT2D eigenvalue weighted by Crippen LogP contribution is -2.51. The van der Waals surface area contributed by atoms with Crippen LogP contribution < -0.4 is 5.32 Å². The van der Waals surface area contributed by atoms with Crippen molar-refractivity contribution in [2.75, 3.05) is 32.7 Å². The van der Waals surface area contributed by atoms with E-state index in [2.05, 4.69) is 15.2 Å². The molecular formula is C13H20N4O3S. The Hall–Kier alpha value is -1.67. The number of carboxylic acids is 1. The summed E-state index contributed by atoms with van der Waals surface area (Å²) in [6.45, 7) is 5.68. The summed E-state index contributed by atoms with van der Waals surface area (Å²) in [7, 11) is 0. The van der Waals surface area contributed by atoms with Gasteiger partial charge in [-0.15, -0.1) is 11.3 Å². The maximum Gasteiger partial charge on any atom is 0.317 e. The standard InChI is InChI=1S/C13H20N4O3S/c1-10-8-14-11(21-10)9-15-13(20)17-6-4-16(5-7-17)3-2-12(18)19/h8H,2-7,9H2,1H3,(H,15,20)(H,18,19). The van der Waals surface area contributed by atoms with E-state index in [1.807, 2.05) is 6.92 Å². The highest BCUT2D eigenvalue weighted by atomic mass is 32.1. The molecule has 2 rings (SSSR count). The minimum Gasteiger partial charge on any atom is -0.481 e. The molecule has 2 N–H and O–H groups in total. The van der Waals surface area contributed by atoms with Crippen LogP contribution in [0.4, 0.5) is 4.79 Å². The van der Waals surface area contributed by atoms with Crippen molar-refractivity contribution in [2.24, 2.45) is 0 Å². The van der Waals surface area contributed by atoms with Gasteiger partial charge in [0.15, 0.2) is 0 Å². The topological polar surface area (TPSA) is 85.8 Å². The van der Waals surface area contributed by atoms with Crippen molar-refractivity contribution in [3.05, 3.63) is 16.1 Å². The Balaban J connectivity index is 1.69. The SMILES string of the molecule is Cc1cnc(CNC(=O)N2CCN(CCC(=O)O)CC2)s1. The molecule has 0 unspecified atom stereocenters. The average molecular weight is 312 g/mol. The number of carbonyl (C=O) groups is 2. The molecule has 1 fully saturated rings. The van der Waals surface area contributed by atoms with Crippen molar-refractivity contribution < 1.29 is 14.7 Å². The third-order valence-electron chi connectivity index (χ3n) is 3.36. The first kappa shape index (κ1) is 15.7. The molecule has 0 radical (unpaired) electrons. The average Bonchev–Trinajstić information content (AvgIpc) is 2.89. The van der Waals surface area contributed by atoms with E-state index in [0.29, 0.717) is 26.2 Å². The van der Waals surface area contributed by atoms with Crippen molar-refractivity contribution in [1.82, 2.24) is 20.1 Å². The summed E-state index contributed by atoms with van der Waals surface area (Å²) in [5.41, 5.74) is 0. The molecule has 0 bridgehead atoms. The number of hydrogen-bond donors (Lipinski definition) is 2. The predicted molar refractivity (Wildman–Crippen MR) is 79.4 cm³/mol. The number of piperazine rings is 1. The van der Waals surface area contributed by atoms with Crippen LogP contribution in [-0.4, -0.2) is 64.6 Å². The molecule has 2 amide bonds.